The summed E-state index contributed by atoms with van der Waals surface area (Å²) in [5.74, 6) is -2.01. The van der Waals surface area contributed by atoms with Gasteiger partial charge in [-0.25, -0.2) is 0 Å². The molecule has 0 bridgehead atoms. The van der Waals surface area contributed by atoms with Crippen molar-refractivity contribution in [1.82, 2.24) is 4.90 Å². The van der Waals surface area contributed by atoms with E-state index in [1.54, 1.807) is 0 Å². The summed E-state index contributed by atoms with van der Waals surface area (Å²) in [7, 11) is 2.80. The van der Waals surface area contributed by atoms with Crippen LogP contribution < -0.4 is 9.47 Å². The van der Waals surface area contributed by atoms with Crippen molar-refractivity contribution in [3.63, 3.8) is 0 Å². The van der Waals surface area contributed by atoms with Gasteiger partial charge in [0.2, 0.25) is 0 Å². The van der Waals surface area contributed by atoms with Crippen LogP contribution in [0.4, 0.5) is 13.2 Å². The predicted octanol–water partition coefficient (Wildman–Crippen LogP) is 5.05. The Labute approximate surface area is 210 Å². The number of likely N-dealkylation sites (tertiary alicyclic amines) is 1. The molecule has 3 aromatic carbocycles. The largest absolute Gasteiger partial charge is 0.508 e. The Morgan fingerprint density at radius 2 is 1.68 bits per heavy atom. The summed E-state index contributed by atoms with van der Waals surface area (Å²) in [5.41, 5.74) is -0.554. The second kappa shape index (κ2) is 9.88. The van der Waals surface area contributed by atoms with Gasteiger partial charge < -0.3 is 24.6 Å². The molecule has 2 N–H and O–H groups in total. The third-order valence-corrected chi connectivity index (χ3v) is 6.02. The molecule has 1 unspecified atom stereocenters. The SMILES string of the molecule is COc1ccc(/C(O)=C2/C(=O)C(=O)N(Cc3cccc(C(F)(F)F)c3)C2c2ccc(O)cc2)c(OC)c1. The Morgan fingerprint density at radius 3 is 2.30 bits per heavy atom. The van der Waals surface area contributed by atoms with Crippen LogP contribution in [0.2, 0.25) is 0 Å². The molecule has 0 aromatic heterocycles. The Kier molecular flexibility index (Phi) is 6.84. The molecule has 0 spiro atoms. The number of carbonyl (C=O) groups excluding carboxylic acids is 2. The molecule has 0 saturated carbocycles. The first-order chi connectivity index (χ1) is 17.5. The topological polar surface area (TPSA) is 96.3 Å². The number of aliphatic hydroxyl groups excluding tert-OH is 1. The zero-order valence-corrected chi connectivity index (χ0v) is 19.7. The zero-order valence-electron chi connectivity index (χ0n) is 19.7. The number of aromatic hydroxyl groups is 1. The molecule has 1 aliphatic heterocycles. The van der Waals surface area contributed by atoms with Gasteiger partial charge in [0.25, 0.3) is 11.7 Å². The molecule has 3 aromatic rings. The molecule has 10 heteroatoms. The summed E-state index contributed by atoms with van der Waals surface area (Å²) in [5, 5.41) is 21.0. The Morgan fingerprint density at radius 1 is 0.973 bits per heavy atom. The van der Waals surface area contributed by atoms with Crippen molar-refractivity contribution in [1.29, 1.82) is 0 Å². The van der Waals surface area contributed by atoms with Crippen molar-refractivity contribution in [3.8, 4) is 17.2 Å². The summed E-state index contributed by atoms with van der Waals surface area (Å²) in [6.07, 6.45) is -4.59. The number of ketones is 1. The molecular weight excluding hydrogens is 491 g/mol. The van der Waals surface area contributed by atoms with Crippen LogP contribution in [-0.4, -0.2) is 41.0 Å². The number of nitrogens with zero attached hydrogens (tertiary/aromatic N) is 1. The number of benzene rings is 3. The molecule has 1 heterocycles. The summed E-state index contributed by atoms with van der Waals surface area (Å²) in [6, 6.07) is 13.4. The molecule has 1 saturated heterocycles. The first-order valence-electron chi connectivity index (χ1n) is 11.0. The van der Waals surface area contributed by atoms with Gasteiger partial charge in [-0.3, -0.25) is 9.59 Å². The van der Waals surface area contributed by atoms with E-state index in [9.17, 15) is 33.0 Å². The number of rotatable bonds is 6. The number of phenols is 1. The summed E-state index contributed by atoms with van der Waals surface area (Å²) < 4.78 is 50.3. The average Bonchev–Trinajstić information content (AvgIpc) is 3.13. The van der Waals surface area contributed by atoms with E-state index >= 15 is 0 Å². The van der Waals surface area contributed by atoms with Gasteiger partial charge in [-0.2, -0.15) is 13.2 Å². The normalized spacial score (nSPS) is 17.2. The number of phenolic OH excluding ortho intramolecular Hbond substituents is 1. The maximum absolute atomic E-state index is 13.3. The number of amides is 1. The van der Waals surface area contributed by atoms with Gasteiger partial charge in [0.15, 0.2) is 0 Å². The molecule has 0 aliphatic carbocycles. The van der Waals surface area contributed by atoms with Crippen LogP contribution in [0.3, 0.4) is 0 Å². The highest BCUT2D eigenvalue weighted by molar-refractivity contribution is 6.46. The lowest BCUT2D eigenvalue weighted by molar-refractivity contribution is -0.140. The smallest absolute Gasteiger partial charge is 0.416 e. The van der Waals surface area contributed by atoms with Crippen LogP contribution in [0, 0.1) is 0 Å². The number of hydrogen-bond acceptors (Lipinski definition) is 6. The maximum Gasteiger partial charge on any atom is 0.416 e. The molecule has 0 radical (unpaired) electrons. The predicted molar refractivity (Wildman–Crippen MR) is 127 cm³/mol. The monoisotopic (exact) mass is 513 g/mol. The summed E-state index contributed by atoms with van der Waals surface area (Å²) in [6.45, 7) is -0.337. The van der Waals surface area contributed by atoms with Crippen LogP contribution in [0.1, 0.15) is 28.3 Å². The lowest BCUT2D eigenvalue weighted by Crippen LogP contribution is -2.29. The summed E-state index contributed by atoms with van der Waals surface area (Å²) >= 11 is 0. The van der Waals surface area contributed by atoms with Crippen molar-refractivity contribution in [2.24, 2.45) is 0 Å². The number of alkyl halides is 3. The molecule has 1 amide bonds. The quantitative estimate of drug-likeness (QED) is 0.272. The number of hydrogen-bond donors (Lipinski definition) is 2. The third kappa shape index (κ3) is 4.95. The van der Waals surface area contributed by atoms with Crippen molar-refractivity contribution in [2.45, 2.75) is 18.8 Å². The molecular formula is C27H22F3NO6. The maximum atomic E-state index is 13.3. The van der Waals surface area contributed by atoms with Crippen LogP contribution >= 0.6 is 0 Å². The van der Waals surface area contributed by atoms with E-state index in [-0.39, 0.29) is 34.7 Å². The Balaban J connectivity index is 1.87. The second-order valence-corrected chi connectivity index (χ2v) is 8.28. The van der Waals surface area contributed by atoms with Gasteiger partial charge in [0.1, 0.15) is 23.0 Å². The highest BCUT2D eigenvalue weighted by Gasteiger charge is 2.46. The standard InChI is InChI=1S/C27H22F3NO6/c1-36-19-10-11-20(21(13-19)37-2)24(33)22-23(16-6-8-18(32)9-7-16)31(26(35)25(22)34)14-15-4-3-5-17(12-15)27(28,29)30/h3-13,23,32-33H,14H2,1-2H3/b24-22-. The lowest BCUT2D eigenvalue weighted by atomic mass is 9.94. The lowest BCUT2D eigenvalue weighted by Gasteiger charge is -2.26. The van der Waals surface area contributed by atoms with Gasteiger partial charge >= 0.3 is 6.18 Å². The average molecular weight is 513 g/mol. The molecule has 7 nitrogen and oxygen atoms in total. The van der Waals surface area contributed by atoms with Crippen molar-refractivity contribution in [3.05, 3.63) is 94.6 Å². The molecule has 192 valence electrons. The third-order valence-electron chi connectivity index (χ3n) is 6.02. The Hall–Kier alpha value is -4.47. The van der Waals surface area contributed by atoms with Crippen LogP contribution in [0.25, 0.3) is 5.76 Å². The number of methoxy groups -OCH3 is 2. The van der Waals surface area contributed by atoms with E-state index < -0.39 is 35.2 Å². The zero-order chi connectivity index (χ0) is 26.9. The van der Waals surface area contributed by atoms with Crippen LogP contribution in [0.5, 0.6) is 17.2 Å². The van der Waals surface area contributed by atoms with Crippen molar-refractivity contribution >= 4 is 17.4 Å². The summed E-state index contributed by atoms with van der Waals surface area (Å²) in [4.78, 5) is 27.5. The van der Waals surface area contributed by atoms with Gasteiger partial charge in [-0.1, -0.05) is 24.3 Å². The van der Waals surface area contributed by atoms with E-state index in [2.05, 4.69) is 0 Å². The van der Waals surface area contributed by atoms with E-state index in [0.717, 1.165) is 17.0 Å². The highest BCUT2D eigenvalue weighted by Crippen LogP contribution is 2.42. The van der Waals surface area contributed by atoms with Gasteiger partial charge in [-0.05, 0) is 47.5 Å². The highest BCUT2D eigenvalue weighted by atomic mass is 19.4. The fraction of sp³-hybridized carbons (Fsp3) is 0.185. The van der Waals surface area contributed by atoms with E-state index in [4.69, 9.17) is 9.47 Å². The minimum absolute atomic E-state index is 0.0737. The number of halogens is 3. The fourth-order valence-corrected chi connectivity index (χ4v) is 4.23. The minimum atomic E-state index is -4.59. The first kappa shape index (κ1) is 25.6. The van der Waals surface area contributed by atoms with Gasteiger partial charge in [0, 0.05) is 12.6 Å². The minimum Gasteiger partial charge on any atom is -0.508 e. The number of Topliss-reactive ketones (excluding diaryl/α,β-unsaturated/α-hetero) is 1. The number of ether oxygens (including phenoxy) is 2. The van der Waals surface area contributed by atoms with E-state index in [1.165, 1.54) is 68.8 Å². The molecule has 37 heavy (non-hydrogen) atoms. The molecule has 1 atom stereocenters. The first-order valence-corrected chi connectivity index (χ1v) is 11.0. The van der Waals surface area contributed by atoms with E-state index in [1.807, 2.05) is 0 Å². The second-order valence-electron chi connectivity index (χ2n) is 8.28. The van der Waals surface area contributed by atoms with Crippen LogP contribution in [-0.2, 0) is 22.3 Å². The number of aliphatic hydroxyl groups is 1. The molecule has 1 fully saturated rings. The fourth-order valence-electron chi connectivity index (χ4n) is 4.23. The van der Waals surface area contributed by atoms with Gasteiger partial charge in [-0.15, -0.1) is 0 Å². The van der Waals surface area contributed by atoms with Crippen molar-refractivity contribution < 1.29 is 42.4 Å². The van der Waals surface area contributed by atoms with Crippen LogP contribution in [0.15, 0.2) is 72.3 Å². The molecule has 1 aliphatic rings. The number of carbonyl (C=O) groups is 2. The molecule has 4 rings (SSSR count). The van der Waals surface area contributed by atoms with E-state index in [0.29, 0.717) is 11.3 Å². The van der Waals surface area contributed by atoms with Gasteiger partial charge in [0.05, 0.1) is 37.0 Å². The Bertz CT molecular complexity index is 1380. The van der Waals surface area contributed by atoms with Crippen molar-refractivity contribution in [2.75, 3.05) is 14.2 Å².